The highest BCUT2D eigenvalue weighted by Crippen LogP contribution is 2.28. The van der Waals surface area contributed by atoms with Crippen molar-refractivity contribution in [3.63, 3.8) is 0 Å². The van der Waals surface area contributed by atoms with Gasteiger partial charge < -0.3 is 5.32 Å². The lowest BCUT2D eigenvalue weighted by molar-refractivity contribution is 0.0944. The minimum atomic E-state index is -0.280. The second kappa shape index (κ2) is 8.63. The zero-order valence-electron chi connectivity index (χ0n) is 17.6. The van der Waals surface area contributed by atoms with Gasteiger partial charge in [0.2, 0.25) is 0 Å². The Morgan fingerprint density at radius 2 is 1.71 bits per heavy atom. The molecule has 2 aromatic carbocycles. The maximum absolute atomic E-state index is 13.3. The third-order valence-electron chi connectivity index (χ3n) is 6.37. The summed E-state index contributed by atoms with van der Waals surface area (Å²) in [6, 6.07) is 14.6. The zero-order chi connectivity index (χ0) is 21.2. The predicted octanol–water partition coefficient (Wildman–Crippen LogP) is 4.03. The average molecular weight is 419 g/mol. The van der Waals surface area contributed by atoms with Crippen LogP contribution in [0.25, 0.3) is 5.69 Å². The predicted molar refractivity (Wildman–Crippen MR) is 118 cm³/mol. The van der Waals surface area contributed by atoms with Gasteiger partial charge in [0, 0.05) is 24.3 Å². The molecule has 31 heavy (non-hydrogen) atoms. The molecule has 0 bridgehead atoms. The van der Waals surface area contributed by atoms with Crippen molar-refractivity contribution in [3.8, 4) is 5.69 Å². The fourth-order valence-electron chi connectivity index (χ4n) is 4.74. The number of benzene rings is 2. The van der Waals surface area contributed by atoms with E-state index < -0.39 is 0 Å². The van der Waals surface area contributed by atoms with Gasteiger partial charge in [-0.3, -0.25) is 9.69 Å². The maximum atomic E-state index is 13.3. The summed E-state index contributed by atoms with van der Waals surface area (Å²) < 4.78 is 15.1. The van der Waals surface area contributed by atoms with Crippen LogP contribution in [0.5, 0.6) is 0 Å². The molecule has 0 radical (unpaired) electrons. The van der Waals surface area contributed by atoms with Gasteiger partial charge in [-0.2, -0.15) is 5.10 Å². The number of carbonyl (C=O) groups excluding carboxylic acids is 1. The molecule has 5 nitrogen and oxygen atoms in total. The summed E-state index contributed by atoms with van der Waals surface area (Å²) >= 11 is 0. The Hall–Kier alpha value is -2.99. The van der Waals surface area contributed by atoms with Crippen LogP contribution in [0.15, 0.2) is 48.5 Å². The van der Waals surface area contributed by atoms with Gasteiger partial charge in [-0.15, -0.1) is 0 Å². The third-order valence-corrected chi connectivity index (χ3v) is 6.37. The Morgan fingerprint density at radius 3 is 2.48 bits per heavy atom. The summed E-state index contributed by atoms with van der Waals surface area (Å²) in [5.41, 5.74) is 5.78. The molecule has 2 heterocycles. The van der Waals surface area contributed by atoms with Crippen molar-refractivity contribution in [1.29, 1.82) is 0 Å². The SMILES string of the molecule is O=C(NCc1ccccc1CN1CCCC1)c1nn(-c2ccc(F)cc2)c2c1CCC2. The Morgan fingerprint density at radius 1 is 0.968 bits per heavy atom. The second-order valence-electron chi connectivity index (χ2n) is 8.45. The Kier molecular flexibility index (Phi) is 5.55. The van der Waals surface area contributed by atoms with E-state index in [2.05, 4.69) is 33.5 Å². The van der Waals surface area contributed by atoms with Crippen LogP contribution in [-0.4, -0.2) is 33.7 Å². The first kappa shape index (κ1) is 19.9. The number of halogens is 1. The van der Waals surface area contributed by atoms with E-state index in [-0.39, 0.29) is 11.7 Å². The number of aromatic nitrogens is 2. The maximum Gasteiger partial charge on any atom is 0.272 e. The number of likely N-dealkylation sites (tertiary alicyclic amines) is 1. The van der Waals surface area contributed by atoms with Crippen molar-refractivity contribution < 1.29 is 9.18 Å². The fraction of sp³-hybridized carbons (Fsp3) is 0.360. The van der Waals surface area contributed by atoms with Crippen molar-refractivity contribution in [2.45, 2.75) is 45.2 Å². The normalized spacial score (nSPS) is 15.9. The van der Waals surface area contributed by atoms with Crippen LogP contribution in [0.4, 0.5) is 4.39 Å². The first-order valence-corrected chi connectivity index (χ1v) is 11.1. The van der Waals surface area contributed by atoms with E-state index in [1.807, 2.05) is 6.07 Å². The summed E-state index contributed by atoms with van der Waals surface area (Å²) in [5.74, 6) is -0.423. The highest BCUT2D eigenvalue weighted by Gasteiger charge is 2.27. The van der Waals surface area contributed by atoms with Gasteiger partial charge in [-0.1, -0.05) is 24.3 Å². The number of amides is 1. The highest BCUT2D eigenvalue weighted by atomic mass is 19.1. The van der Waals surface area contributed by atoms with Crippen molar-refractivity contribution in [3.05, 3.63) is 82.4 Å². The first-order chi connectivity index (χ1) is 15.2. The van der Waals surface area contributed by atoms with Gasteiger partial charge in [0.05, 0.1) is 5.69 Å². The standard InChI is InChI=1S/C25H27FN4O/c26-20-10-12-21(13-11-20)30-23-9-5-8-22(23)24(28-30)25(31)27-16-18-6-1-2-7-19(18)17-29-14-3-4-15-29/h1-2,6-7,10-13H,3-5,8-9,14-17H2,(H,27,31). The first-order valence-electron chi connectivity index (χ1n) is 11.1. The van der Waals surface area contributed by atoms with Crippen LogP contribution in [-0.2, 0) is 25.9 Å². The van der Waals surface area contributed by atoms with Crippen LogP contribution in [0, 0.1) is 5.82 Å². The van der Waals surface area contributed by atoms with Crippen molar-refractivity contribution in [2.75, 3.05) is 13.1 Å². The number of carbonyl (C=O) groups is 1. The van der Waals surface area contributed by atoms with Crippen LogP contribution >= 0.6 is 0 Å². The van der Waals surface area contributed by atoms with Gasteiger partial charge in [0.1, 0.15) is 5.82 Å². The minimum Gasteiger partial charge on any atom is -0.347 e. The lowest BCUT2D eigenvalue weighted by atomic mass is 10.1. The summed E-state index contributed by atoms with van der Waals surface area (Å²) in [6.07, 6.45) is 5.27. The molecular weight excluding hydrogens is 391 g/mol. The largest absolute Gasteiger partial charge is 0.347 e. The molecule has 2 aliphatic rings. The molecule has 1 aliphatic heterocycles. The lowest BCUT2D eigenvalue weighted by Gasteiger charge is -2.17. The molecule has 1 aliphatic carbocycles. The Labute approximate surface area is 181 Å². The van der Waals surface area contributed by atoms with Gasteiger partial charge in [0.25, 0.3) is 5.91 Å². The van der Waals surface area contributed by atoms with Crippen LogP contribution in [0.1, 0.15) is 52.1 Å². The molecule has 1 N–H and O–H groups in total. The van der Waals surface area contributed by atoms with Crippen molar-refractivity contribution in [2.24, 2.45) is 0 Å². The van der Waals surface area contributed by atoms with Gasteiger partial charge in [-0.25, -0.2) is 9.07 Å². The number of fused-ring (bicyclic) bond motifs is 1. The van der Waals surface area contributed by atoms with E-state index >= 15 is 0 Å². The molecule has 0 saturated carbocycles. The third kappa shape index (κ3) is 4.12. The van der Waals surface area contributed by atoms with Gasteiger partial charge in [0.15, 0.2) is 5.69 Å². The van der Waals surface area contributed by atoms with Gasteiger partial charge in [-0.05, 0) is 80.6 Å². The van der Waals surface area contributed by atoms with Crippen LogP contribution in [0.2, 0.25) is 0 Å². The number of hydrogen-bond donors (Lipinski definition) is 1. The second-order valence-corrected chi connectivity index (χ2v) is 8.45. The fourth-order valence-corrected chi connectivity index (χ4v) is 4.74. The molecule has 1 saturated heterocycles. The van der Waals surface area contributed by atoms with Crippen molar-refractivity contribution >= 4 is 5.91 Å². The molecule has 3 aromatic rings. The van der Waals surface area contributed by atoms with Crippen molar-refractivity contribution in [1.82, 2.24) is 20.0 Å². The van der Waals surface area contributed by atoms with Crippen LogP contribution < -0.4 is 5.32 Å². The molecule has 5 rings (SSSR count). The summed E-state index contributed by atoms with van der Waals surface area (Å²) in [4.78, 5) is 15.5. The van der Waals surface area contributed by atoms with E-state index in [9.17, 15) is 9.18 Å². The van der Waals surface area contributed by atoms with E-state index in [4.69, 9.17) is 0 Å². The minimum absolute atomic E-state index is 0.144. The zero-order valence-corrected chi connectivity index (χ0v) is 17.6. The van der Waals surface area contributed by atoms with E-state index in [1.54, 1.807) is 16.8 Å². The molecular formula is C25H27FN4O. The number of hydrogen-bond acceptors (Lipinski definition) is 3. The number of rotatable bonds is 6. The smallest absolute Gasteiger partial charge is 0.272 e. The molecule has 0 atom stereocenters. The van der Waals surface area contributed by atoms with E-state index in [1.165, 1.54) is 30.5 Å². The molecule has 0 unspecified atom stereocenters. The molecule has 1 aromatic heterocycles. The average Bonchev–Trinajstić information content (AvgIpc) is 3.52. The molecule has 160 valence electrons. The highest BCUT2D eigenvalue weighted by molar-refractivity contribution is 5.94. The van der Waals surface area contributed by atoms with Crippen LogP contribution in [0.3, 0.4) is 0 Å². The number of nitrogens with one attached hydrogen (secondary N) is 1. The lowest BCUT2D eigenvalue weighted by Crippen LogP contribution is -2.26. The quantitative estimate of drug-likeness (QED) is 0.658. The summed E-state index contributed by atoms with van der Waals surface area (Å²) in [7, 11) is 0. The monoisotopic (exact) mass is 418 g/mol. The summed E-state index contributed by atoms with van der Waals surface area (Å²) in [6.45, 7) is 3.71. The Balaban J connectivity index is 1.34. The van der Waals surface area contributed by atoms with Gasteiger partial charge >= 0.3 is 0 Å². The summed E-state index contributed by atoms with van der Waals surface area (Å²) in [5, 5.41) is 7.71. The topological polar surface area (TPSA) is 50.2 Å². The molecule has 0 spiro atoms. The number of nitrogens with zero attached hydrogens (tertiary/aromatic N) is 3. The van der Waals surface area contributed by atoms with E-state index in [0.29, 0.717) is 12.2 Å². The molecule has 6 heteroatoms. The Bertz CT molecular complexity index is 1080. The molecule has 1 fully saturated rings. The van der Waals surface area contributed by atoms with E-state index in [0.717, 1.165) is 61.4 Å². The molecule has 1 amide bonds.